The first-order valence-corrected chi connectivity index (χ1v) is 10.1. The zero-order valence-electron chi connectivity index (χ0n) is 16.5. The molecule has 2 atom stereocenters. The van der Waals surface area contributed by atoms with Crippen LogP contribution < -0.4 is 4.74 Å². The minimum Gasteiger partial charge on any atom is -0.489 e. The maximum atomic E-state index is 12.6. The van der Waals surface area contributed by atoms with Gasteiger partial charge in [-0.3, -0.25) is 4.79 Å². The summed E-state index contributed by atoms with van der Waals surface area (Å²) in [7, 11) is 0. The quantitative estimate of drug-likeness (QED) is 0.495. The molecule has 2 aromatic carbocycles. The first-order chi connectivity index (χ1) is 13.9. The average molecular weight is 410 g/mol. The summed E-state index contributed by atoms with van der Waals surface area (Å²) in [5.41, 5.74) is 2.18. The number of benzene rings is 2. The van der Waals surface area contributed by atoms with Crippen LogP contribution in [0.5, 0.6) is 5.75 Å². The Labute approximate surface area is 176 Å². The Morgan fingerprint density at radius 1 is 1.03 bits per heavy atom. The third-order valence-electron chi connectivity index (χ3n) is 5.48. The summed E-state index contributed by atoms with van der Waals surface area (Å²) in [6, 6.07) is 19.5. The van der Waals surface area contributed by atoms with E-state index in [0.29, 0.717) is 10.8 Å². The average Bonchev–Trinajstić information content (AvgIpc) is 3.01. The SMILES string of the molecule is CC1(C)C(Oc2ccc(Cl)cc2)C1C(=O)OCn1ccc(Cc2ccccc2)c1. The van der Waals surface area contributed by atoms with Crippen LogP contribution in [-0.4, -0.2) is 16.6 Å². The molecule has 1 aliphatic rings. The molecule has 3 aromatic rings. The number of carbonyl (C=O) groups excluding carboxylic acids is 1. The van der Waals surface area contributed by atoms with Gasteiger partial charge in [0.15, 0.2) is 6.73 Å². The normalized spacial score (nSPS) is 19.6. The molecule has 1 fully saturated rings. The van der Waals surface area contributed by atoms with Crippen LogP contribution in [0, 0.1) is 11.3 Å². The number of hydrogen-bond acceptors (Lipinski definition) is 3. The standard InChI is InChI=1S/C24H24ClNO3/c1-24(2)21(22(24)29-20-10-8-19(25)9-11-20)23(27)28-16-26-13-12-18(15-26)14-17-6-4-3-5-7-17/h3-13,15,21-22H,14,16H2,1-2H3. The van der Waals surface area contributed by atoms with E-state index in [1.54, 1.807) is 12.1 Å². The highest BCUT2D eigenvalue weighted by Gasteiger charge is 2.65. The van der Waals surface area contributed by atoms with Gasteiger partial charge in [-0.2, -0.15) is 0 Å². The molecule has 0 spiro atoms. The van der Waals surface area contributed by atoms with Crippen LogP contribution in [0.2, 0.25) is 5.02 Å². The van der Waals surface area contributed by atoms with Crippen LogP contribution in [0.4, 0.5) is 0 Å². The molecule has 0 saturated heterocycles. The van der Waals surface area contributed by atoms with Crippen LogP contribution in [0.15, 0.2) is 73.1 Å². The first kappa shape index (κ1) is 19.6. The Balaban J connectivity index is 1.31. The Hall–Kier alpha value is -2.72. The molecular weight excluding hydrogens is 386 g/mol. The zero-order chi connectivity index (χ0) is 20.4. The van der Waals surface area contributed by atoms with Crippen molar-refractivity contribution in [2.24, 2.45) is 11.3 Å². The largest absolute Gasteiger partial charge is 0.489 e. The van der Waals surface area contributed by atoms with Gasteiger partial charge in [0.05, 0.1) is 0 Å². The molecule has 1 aliphatic carbocycles. The molecule has 0 aliphatic heterocycles. The van der Waals surface area contributed by atoms with Crippen molar-refractivity contribution in [1.82, 2.24) is 4.57 Å². The van der Waals surface area contributed by atoms with Crippen molar-refractivity contribution in [3.8, 4) is 5.75 Å². The smallest absolute Gasteiger partial charge is 0.315 e. The summed E-state index contributed by atoms with van der Waals surface area (Å²) in [4.78, 5) is 12.6. The number of esters is 1. The van der Waals surface area contributed by atoms with E-state index in [9.17, 15) is 4.79 Å². The molecular formula is C24H24ClNO3. The van der Waals surface area contributed by atoms with Crippen molar-refractivity contribution >= 4 is 17.6 Å². The van der Waals surface area contributed by atoms with Crippen molar-refractivity contribution in [2.45, 2.75) is 33.1 Å². The lowest BCUT2D eigenvalue weighted by molar-refractivity contribution is -0.150. The minimum atomic E-state index is -0.280. The van der Waals surface area contributed by atoms with Crippen LogP contribution in [-0.2, 0) is 22.7 Å². The number of halogens is 1. The predicted molar refractivity (Wildman–Crippen MR) is 113 cm³/mol. The number of hydrogen-bond donors (Lipinski definition) is 0. The summed E-state index contributed by atoms with van der Waals surface area (Å²) in [6.07, 6.45) is 4.61. The molecule has 4 rings (SSSR count). The second-order valence-electron chi connectivity index (χ2n) is 8.08. The van der Waals surface area contributed by atoms with Crippen molar-refractivity contribution in [3.63, 3.8) is 0 Å². The maximum absolute atomic E-state index is 12.6. The maximum Gasteiger partial charge on any atom is 0.315 e. The number of rotatable bonds is 7. The highest BCUT2D eigenvalue weighted by molar-refractivity contribution is 6.30. The first-order valence-electron chi connectivity index (χ1n) is 9.71. The van der Waals surface area contributed by atoms with E-state index in [0.717, 1.165) is 6.42 Å². The summed E-state index contributed by atoms with van der Waals surface area (Å²) in [5.74, 6) is 0.198. The highest BCUT2D eigenvalue weighted by Crippen LogP contribution is 2.54. The van der Waals surface area contributed by atoms with Gasteiger partial charge in [0, 0.05) is 22.8 Å². The lowest BCUT2D eigenvalue weighted by atomic mass is 10.1. The van der Waals surface area contributed by atoms with E-state index in [2.05, 4.69) is 12.1 Å². The summed E-state index contributed by atoms with van der Waals surface area (Å²) in [5, 5.41) is 0.654. The van der Waals surface area contributed by atoms with E-state index in [4.69, 9.17) is 21.1 Å². The van der Waals surface area contributed by atoms with Crippen LogP contribution >= 0.6 is 11.6 Å². The summed E-state index contributed by atoms with van der Waals surface area (Å²) >= 11 is 5.91. The second-order valence-corrected chi connectivity index (χ2v) is 8.52. The molecule has 1 saturated carbocycles. The number of ether oxygens (including phenoxy) is 2. The second kappa shape index (κ2) is 7.96. The molecule has 150 valence electrons. The molecule has 4 nitrogen and oxygen atoms in total. The molecule has 0 radical (unpaired) electrons. The van der Waals surface area contributed by atoms with Gasteiger partial charge in [0.2, 0.25) is 0 Å². The Kier molecular flexibility index (Phi) is 5.37. The lowest BCUT2D eigenvalue weighted by Crippen LogP contribution is -2.14. The number of carbonyl (C=O) groups is 1. The van der Waals surface area contributed by atoms with Gasteiger partial charge in [-0.1, -0.05) is 55.8 Å². The van der Waals surface area contributed by atoms with Gasteiger partial charge in [0.25, 0.3) is 0 Å². The summed E-state index contributed by atoms with van der Waals surface area (Å²) < 4.78 is 13.4. The fraction of sp³-hybridized carbons (Fsp3) is 0.292. The molecule has 2 unspecified atom stereocenters. The van der Waals surface area contributed by atoms with E-state index in [1.165, 1.54) is 11.1 Å². The Bertz CT molecular complexity index is 979. The van der Waals surface area contributed by atoms with E-state index in [-0.39, 0.29) is 30.1 Å². The van der Waals surface area contributed by atoms with Crippen molar-refractivity contribution in [2.75, 3.05) is 0 Å². The monoisotopic (exact) mass is 409 g/mol. The van der Waals surface area contributed by atoms with Gasteiger partial charge >= 0.3 is 5.97 Å². The fourth-order valence-corrected chi connectivity index (χ4v) is 3.76. The molecule has 29 heavy (non-hydrogen) atoms. The molecule has 1 aromatic heterocycles. The third kappa shape index (κ3) is 4.48. The van der Waals surface area contributed by atoms with E-state index >= 15 is 0 Å². The van der Waals surface area contributed by atoms with Gasteiger partial charge in [-0.05, 0) is 47.9 Å². The summed E-state index contributed by atoms with van der Waals surface area (Å²) in [6.45, 7) is 4.24. The minimum absolute atomic E-state index is 0.200. The van der Waals surface area contributed by atoms with Gasteiger partial charge in [-0.15, -0.1) is 0 Å². The molecule has 0 amide bonds. The zero-order valence-corrected chi connectivity index (χ0v) is 17.3. The Morgan fingerprint density at radius 2 is 1.76 bits per heavy atom. The van der Waals surface area contributed by atoms with Gasteiger partial charge in [-0.25, -0.2) is 0 Å². The Morgan fingerprint density at radius 3 is 2.48 bits per heavy atom. The van der Waals surface area contributed by atoms with Crippen LogP contribution in [0.1, 0.15) is 25.0 Å². The predicted octanol–water partition coefficient (Wildman–Crippen LogP) is 5.34. The van der Waals surface area contributed by atoms with Gasteiger partial charge in [0.1, 0.15) is 17.8 Å². The topological polar surface area (TPSA) is 40.5 Å². The van der Waals surface area contributed by atoms with Crippen LogP contribution in [0.25, 0.3) is 0 Å². The number of nitrogens with zero attached hydrogens (tertiary/aromatic N) is 1. The molecule has 1 heterocycles. The van der Waals surface area contributed by atoms with E-state index in [1.807, 2.05) is 67.2 Å². The molecule has 0 bridgehead atoms. The lowest BCUT2D eigenvalue weighted by Gasteiger charge is -2.07. The third-order valence-corrected chi connectivity index (χ3v) is 5.73. The van der Waals surface area contributed by atoms with Crippen molar-refractivity contribution < 1.29 is 14.3 Å². The van der Waals surface area contributed by atoms with Crippen molar-refractivity contribution in [3.05, 3.63) is 89.2 Å². The molecule has 0 N–H and O–H groups in total. The highest BCUT2D eigenvalue weighted by atomic mass is 35.5. The van der Waals surface area contributed by atoms with Gasteiger partial charge < -0.3 is 14.0 Å². The fourth-order valence-electron chi connectivity index (χ4n) is 3.63. The molecule has 5 heteroatoms. The van der Waals surface area contributed by atoms with E-state index < -0.39 is 0 Å². The van der Waals surface area contributed by atoms with Crippen LogP contribution in [0.3, 0.4) is 0 Å². The number of aromatic nitrogens is 1. The van der Waals surface area contributed by atoms with Crippen molar-refractivity contribution in [1.29, 1.82) is 0 Å².